The number of benzene rings is 1. The van der Waals surface area contributed by atoms with Crippen molar-refractivity contribution in [2.24, 2.45) is 11.8 Å². The number of fused-ring (bicyclic) bond motifs is 3. The number of carbonyl (C=O) groups is 4. The monoisotopic (exact) mass is 810 g/mol. The van der Waals surface area contributed by atoms with Crippen molar-refractivity contribution in [1.82, 2.24) is 40.4 Å². The summed E-state index contributed by atoms with van der Waals surface area (Å²) in [6.07, 6.45) is 11.5. The second kappa shape index (κ2) is 16.8. The third-order valence-electron chi connectivity index (χ3n) is 13.9. The number of rotatable bonds is 11. The molecule has 3 aromatic rings. The molecule has 2 saturated heterocycles. The van der Waals surface area contributed by atoms with E-state index < -0.39 is 24.3 Å². The maximum atomic E-state index is 13.9. The number of aromatic amines is 2. The highest BCUT2D eigenvalue weighted by Crippen LogP contribution is 2.58. The average Bonchev–Trinajstić information content (AvgIpc) is 4.08. The number of nitrogens with zero attached hydrogens (tertiary/aromatic N) is 4. The fraction of sp³-hybridized carbons (Fsp3) is 0.600. The van der Waals surface area contributed by atoms with E-state index in [9.17, 15) is 19.2 Å². The van der Waals surface area contributed by atoms with Crippen molar-refractivity contribution >= 4 is 24.0 Å². The van der Waals surface area contributed by atoms with Gasteiger partial charge in [0.15, 0.2) is 0 Å². The summed E-state index contributed by atoms with van der Waals surface area (Å²) in [7, 11) is 2.61. The van der Waals surface area contributed by atoms with Gasteiger partial charge in [0.05, 0.1) is 38.2 Å². The molecule has 4 amide bonds. The molecule has 2 bridgehead atoms. The molecule has 4 atom stereocenters. The van der Waals surface area contributed by atoms with Crippen molar-refractivity contribution in [3.8, 4) is 11.3 Å². The van der Waals surface area contributed by atoms with Gasteiger partial charge >= 0.3 is 12.2 Å². The van der Waals surface area contributed by atoms with E-state index in [1.807, 2.05) is 49.9 Å². The molecule has 14 nitrogen and oxygen atoms in total. The molecule has 14 heteroatoms. The molecule has 0 spiro atoms. The van der Waals surface area contributed by atoms with Gasteiger partial charge in [0.25, 0.3) is 0 Å². The quantitative estimate of drug-likeness (QED) is 0.145. The predicted octanol–water partition coefficient (Wildman–Crippen LogP) is 7.38. The summed E-state index contributed by atoms with van der Waals surface area (Å²) in [5.41, 5.74) is 7.05. The highest BCUT2D eigenvalue weighted by Gasteiger charge is 2.51. The summed E-state index contributed by atoms with van der Waals surface area (Å²) in [6.45, 7) is 13.0. The second-order valence-corrected chi connectivity index (χ2v) is 18.2. The van der Waals surface area contributed by atoms with Gasteiger partial charge in [-0.3, -0.25) is 9.59 Å². The van der Waals surface area contributed by atoms with Crippen molar-refractivity contribution in [2.75, 3.05) is 27.3 Å². The molecule has 4 heterocycles. The minimum Gasteiger partial charge on any atom is -0.453 e. The number of imidazole rings is 2. The molecule has 318 valence electrons. The van der Waals surface area contributed by atoms with Crippen LogP contribution >= 0.6 is 0 Å². The Hall–Kier alpha value is -5.14. The Balaban J connectivity index is 1.02. The maximum absolute atomic E-state index is 13.9. The molecular weight excluding hydrogens is 749 g/mol. The molecule has 2 aliphatic heterocycles. The van der Waals surface area contributed by atoms with Crippen molar-refractivity contribution in [3.63, 3.8) is 0 Å². The summed E-state index contributed by atoms with van der Waals surface area (Å²) < 4.78 is 9.63. The molecule has 3 saturated carbocycles. The first-order chi connectivity index (χ1) is 28.2. The van der Waals surface area contributed by atoms with Crippen molar-refractivity contribution in [1.29, 1.82) is 0 Å². The van der Waals surface area contributed by atoms with E-state index in [2.05, 4.69) is 58.7 Å². The Kier molecular flexibility index (Phi) is 12.0. The van der Waals surface area contributed by atoms with Crippen LogP contribution in [0.5, 0.6) is 0 Å². The van der Waals surface area contributed by atoms with Crippen LogP contribution in [0, 0.1) is 11.8 Å². The van der Waals surface area contributed by atoms with Crippen LogP contribution in [0.4, 0.5) is 9.59 Å². The fourth-order valence-corrected chi connectivity index (χ4v) is 10.1. The van der Waals surface area contributed by atoms with Crippen LogP contribution in [0.1, 0.15) is 134 Å². The third kappa shape index (κ3) is 8.11. The van der Waals surface area contributed by atoms with E-state index in [-0.39, 0.29) is 46.6 Å². The highest BCUT2D eigenvalue weighted by atomic mass is 16.5. The van der Waals surface area contributed by atoms with Gasteiger partial charge in [0, 0.05) is 30.4 Å². The minimum atomic E-state index is -0.716. The van der Waals surface area contributed by atoms with Gasteiger partial charge in [0.2, 0.25) is 11.8 Å². The first-order valence-electron chi connectivity index (χ1n) is 21.4. The number of nitrogens with one attached hydrogen (secondary N) is 4. The molecule has 3 aliphatic carbocycles. The number of allylic oxidation sites excluding steroid dienone is 1. The predicted molar refractivity (Wildman–Crippen MR) is 223 cm³/mol. The molecule has 2 aromatic heterocycles. The summed E-state index contributed by atoms with van der Waals surface area (Å²) in [4.78, 5) is 72.5. The number of hydrogen-bond acceptors (Lipinski definition) is 8. The largest absolute Gasteiger partial charge is 0.453 e. The Labute approximate surface area is 347 Å². The van der Waals surface area contributed by atoms with Crippen molar-refractivity contribution in [2.45, 2.75) is 134 Å². The molecule has 5 fully saturated rings. The van der Waals surface area contributed by atoms with Crippen LogP contribution in [-0.2, 0) is 29.9 Å². The van der Waals surface area contributed by atoms with Crippen LogP contribution in [0.15, 0.2) is 47.8 Å². The number of alkyl carbamates (subject to hydrolysis) is 2. The number of H-pyrrole nitrogens is 2. The van der Waals surface area contributed by atoms with E-state index in [1.54, 1.807) is 0 Å². The second-order valence-electron chi connectivity index (χ2n) is 18.2. The van der Waals surface area contributed by atoms with Gasteiger partial charge in [-0.25, -0.2) is 19.6 Å². The zero-order chi connectivity index (χ0) is 42.2. The van der Waals surface area contributed by atoms with Crippen molar-refractivity contribution in [3.05, 3.63) is 70.7 Å². The number of carbonyl (C=O) groups excluding carboxylic acids is 4. The van der Waals surface area contributed by atoms with Gasteiger partial charge in [-0.1, -0.05) is 57.5 Å². The number of amides is 4. The lowest BCUT2D eigenvalue weighted by molar-refractivity contribution is -0.136. The van der Waals surface area contributed by atoms with Crippen LogP contribution in [0.25, 0.3) is 11.3 Å². The molecule has 4 N–H and O–H groups in total. The molecule has 0 unspecified atom stereocenters. The Morgan fingerprint density at radius 1 is 0.746 bits per heavy atom. The molecule has 0 radical (unpaired) electrons. The first kappa shape index (κ1) is 42.0. The summed E-state index contributed by atoms with van der Waals surface area (Å²) in [5, 5.41) is 5.48. The third-order valence-corrected chi connectivity index (χ3v) is 13.9. The SMILES string of the molecule is COC(=O)N[C@H](C(=O)N1CC(=C(C)C)C[C@H]1c1ncc(-c2ccc(C34CCC(c5cnc([C@@H]6CCCN6C(=O)[C@@H](NC(=O)OC)C(C)C)[nH]5)(CC3)CC4)cc2)[nH]1)C(C)C. The Morgan fingerprint density at radius 3 is 1.85 bits per heavy atom. The molecule has 59 heavy (non-hydrogen) atoms. The van der Waals surface area contributed by atoms with E-state index >= 15 is 0 Å². The summed E-state index contributed by atoms with van der Waals surface area (Å²) in [6, 6.07) is 7.14. The maximum Gasteiger partial charge on any atom is 0.407 e. The lowest BCUT2D eigenvalue weighted by atomic mass is 9.51. The fourth-order valence-electron chi connectivity index (χ4n) is 10.1. The van der Waals surface area contributed by atoms with Crippen LogP contribution in [0.3, 0.4) is 0 Å². The highest BCUT2D eigenvalue weighted by molar-refractivity contribution is 5.87. The van der Waals surface area contributed by atoms with Crippen LogP contribution < -0.4 is 10.6 Å². The van der Waals surface area contributed by atoms with Gasteiger partial charge < -0.3 is 39.9 Å². The lowest BCUT2D eigenvalue weighted by Gasteiger charge is -2.53. The van der Waals surface area contributed by atoms with Crippen molar-refractivity contribution < 1.29 is 28.7 Å². The number of likely N-dealkylation sites (tertiary alicyclic amines) is 2. The number of ether oxygens (including phenoxy) is 2. The number of methoxy groups -OCH3 is 2. The minimum absolute atomic E-state index is 0.0467. The Bertz CT molecular complexity index is 2040. The molecule has 8 rings (SSSR count). The first-order valence-corrected chi connectivity index (χ1v) is 21.4. The topological polar surface area (TPSA) is 175 Å². The van der Waals surface area contributed by atoms with E-state index in [0.717, 1.165) is 74.3 Å². The number of aromatic nitrogens is 4. The van der Waals surface area contributed by atoms with Crippen LogP contribution in [0.2, 0.25) is 0 Å². The molecule has 5 aliphatic rings. The lowest BCUT2D eigenvalue weighted by Crippen LogP contribution is -2.51. The standard InChI is InChI=1S/C45H62N8O6/c1-26(2)30-22-34(53(25-30)41(55)37(28(5)6)51-43(57)59-8)39-46-23-32(48-39)29-11-13-31(14-12-29)44-15-18-45(19-16-44,20-17-44)35-24-47-38(49-35)33-10-9-21-52(33)40(54)36(27(3)4)50-42(56)58-7/h11-14,23-24,27-28,33-34,36-37H,9-10,15-22,25H2,1-8H3,(H,46,48)(H,47,49)(H,50,56)(H,51,57)/t33-,34-,36-,37-,44?,45?/m0/s1. The van der Waals surface area contributed by atoms with Crippen LogP contribution in [-0.4, -0.2) is 93.1 Å². The molecule has 1 aromatic carbocycles. The summed E-state index contributed by atoms with van der Waals surface area (Å²) in [5.74, 6) is 1.11. The summed E-state index contributed by atoms with van der Waals surface area (Å²) >= 11 is 0. The van der Waals surface area contributed by atoms with E-state index in [0.29, 0.717) is 19.5 Å². The smallest absolute Gasteiger partial charge is 0.407 e. The molecular formula is C45H62N8O6. The van der Waals surface area contributed by atoms with Gasteiger partial charge in [-0.2, -0.15) is 0 Å². The van der Waals surface area contributed by atoms with Gasteiger partial charge in [-0.15, -0.1) is 0 Å². The average molecular weight is 811 g/mol. The zero-order valence-electron chi connectivity index (χ0n) is 35.9. The van der Waals surface area contributed by atoms with Gasteiger partial charge in [-0.05, 0) is 106 Å². The Morgan fingerprint density at radius 2 is 1.29 bits per heavy atom. The zero-order valence-corrected chi connectivity index (χ0v) is 35.9. The van der Waals surface area contributed by atoms with Gasteiger partial charge in [0.1, 0.15) is 23.7 Å². The normalized spacial score (nSPS) is 25.0. The van der Waals surface area contributed by atoms with E-state index in [4.69, 9.17) is 19.4 Å². The van der Waals surface area contributed by atoms with E-state index in [1.165, 1.54) is 36.6 Å². The number of hydrogen-bond donors (Lipinski definition) is 4.